The molecule has 2 aromatic heterocycles. The number of carbonyl (C=O) groups is 2. The minimum atomic E-state index is -0.682. The number of methoxy groups -OCH3 is 2. The predicted molar refractivity (Wildman–Crippen MR) is 81.9 cm³/mol. The SMILES string of the molecule is COC(=O)C12CC(C(=O)OC)(C1)C2n1ccc2ccc(Cl)nc21. The van der Waals surface area contributed by atoms with E-state index in [1.165, 1.54) is 14.2 Å². The van der Waals surface area contributed by atoms with E-state index >= 15 is 0 Å². The summed E-state index contributed by atoms with van der Waals surface area (Å²) in [7, 11) is 2.74. The first-order chi connectivity index (χ1) is 11.0. The van der Waals surface area contributed by atoms with Gasteiger partial charge in [0.05, 0.1) is 31.1 Å². The maximum atomic E-state index is 12.3. The third-order valence-corrected chi connectivity index (χ3v) is 5.51. The zero-order valence-corrected chi connectivity index (χ0v) is 13.5. The molecular formula is C16H15ClN2O4. The zero-order valence-electron chi connectivity index (χ0n) is 12.7. The Kier molecular flexibility index (Phi) is 2.82. The van der Waals surface area contributed by atoms with Gasteiger partial charge in [0.25, 0.3) is 0 Å². The number of pyridine rings is 1. The average molecular weight is 335 g/mol. The number of rotatable bonds is 3. The third kappa shape index (κ3) is 1.57. The van der Waals surface area contributed by atoms with Crippen molar-refractivity contribution >= 4 is 34.6 Å². The van der Waals surface area contributed by atoms with Crippen LogP contribution in [0.15, 0.2) is 24.4 Å². The fourth-order valence-corrected chi connectivity index (χ4v) is 4.53. The summed E-state index contributed by atoms with van der Waals surface area (Å²) in [6, 6.07) is 5.12. The summed E-state index contributed by atoms with van der Waals surface area (Å²) in [5, 5.41) is 1.27. The molecule has 0 atom stereocenters. The Hall–Kier alpha value is -2.08. The molecule has 2 heterocycles. The van der Waals surface area contributed by atoms with Crippen molar-refractivity contribution in [2.45, 2.75) is 18.9 Å². The fourth-order valence-electron chi connectivity index (χ4n) is 4.39. The Morgan fingerprint density at radius 2 is 1.78 bits per heavy atom. The molecule has 0 radical (unpaired) electrons. The van der Waals surface area contributed by atoms with Gasteiger partial charge in [-0.3, -0.25) is 9.59 Å². The van der Waals surface area contributed by atoms with Crippen molar-refractivity contribution in [1.82, 2.24) is 9.55 Å². The van der Waals surface area contributed by atoms with Crippen molar-refractivity contribution in [1.29, 1.82) is 0 Å². The highest BCUT2D eigenvalue weighted by Gasteiger charge is 2.84. The highest BCUT2D eigenvalue weighted by molar-refractivity contribution is 6.29. The first-order valence-electron chi connectivity index (χ1n) is 7.28. The molecule has 7 heteroatoms. The lowest BCUT2D eigenvalue weighted by molar-refractivity contribution is -0.265. The van der Waals surface area contributed by atoms with Crippen LogP contribution >= 0.6 is 11.6 Å². The van der Waals surface area contributed by atoms with Crippen molar-refractivity contribution < 1.29 is 19.1 Å². The number of hydrogen-bond acceptors (Lipinski definition) is 5. The van der Waals surface area contributed by atoms with Gasteiger partial charge in [0.1, 0.15) is 10.8 Å². The molecule has 0 aliphatic heterocycles. The molecule has 0 aromatic carbocycles. The van der Waals surface area contributed by atoms with E-state index in [0.29, 0.717) is 23.6 Å². The normalized spacial score (nSPS) is 31.2. The number of esters is 2. The second-order valence-electron chi connectivity index (χ2n) is 6.32. The summed E-state index contributed by atoms with van der Waals surface area (Å²) in [5.41, 5.74) is -0.707. The van der Waals surface area contributed by atoms with Crippen LogP contribution in [0.2, 0.25) is 5.15 Å². The number of halogens is 1. The number of nitrogens with zero attached hydrogens (tertiary/aromatic N) is 2. The first-order valence-corrected chi connectivity index (χ1v) is 7.66. The Balaban J connectivity index is 1.85. The smallest absolute Gasteiger partial charge is 0.314 e. The second kappa shape index (κ2) is 4.47. The topological polar surface area (TPSA) is 70.4 Å². The van der Waals surface area contributed by atoms with Crippen LogP contribution in [0.4, 0.5) is 0 Å². The number of aromatic nitrogens is 2. The van der Waals surface area contributed by atoms with E-state index in [2.05, 4.69) is 4.98 Å². The number of hydrogen-bond donors (Lipinski definition) is 0. The lowest BCUT2D eigenvalue weighted by Crippen LogP contribution is -2.76. The molecule has 3 aliphatic carbocycles. The summed E-state index contributed by atoms with van der Waals surface area (Å²) in [6.45, 7) is 0. The van der Waals surface area contributed by atoms with E-state index in [0.717, 1.165) is 5.39 Å². The van der Waals surface area contributed by atoms with Gasteiger partial charge in [-0.25, -0.2) is 4.98 Å². The van der Waals surface area contributed by atoms with Crippen molar-refractivity contribution in [3.63, 3.8) is 0 Å². The molecule has 2 aromatic rings. The van der Waals surface area contributed by atoms with Crippen molar-refractivity contribution in [3.05, 3.63) is 29.5 Å². The number of carbonyl (C=O) groups excluding carboxylic acids is 2. The molecule has 23 heavy (non-hydrogen) atoms. The average Bonchev–Trinajstić information content (AvgIpc) is 2.87. The molecule has 2 bridgehead atoms. The predicted octanol–water partition coefficient (Wildman–Crippen LogP) is 2.36. The largest absolute Gasteiger partial charge is 0.469 e. The Morgan fingerprint density at radius 1 is 1.17 bits per heavy atom. The van der Waals surface area contributed by atoms with Crippen LogP contribution in [0, 0.1) is 10.8 Å². The van der Waals surface area contributed by atoms with Gasteiger partial charge in [-0.05, 0) is 31.0 Å². The summed E-state index contributed by atoms with van der Waals surface area (Å²) in [6.07, 6.45) is 2.74. The number of fused-ring (bicyclic) bond motifs is 1. The first kappa shape index (κ1) is 14.5. The van der Waals surface area contributed by atoms with E-state index in [9.17, 15) is 9.59 Å². The maximum absolute atomic E-state index is 12.3. The lowest BCUT2D eigenvalue weighted by atomic mass is 9.31. The van der Waals surface area contributed by atoms with Gasteiger partial charge >= 0.3 is 11.9 Å². The molecule has 0 amide bonds. The van der Waals surface area contributed by atoms with Crippen LogP contribution in [0.5, 0.6) is 0 Å². The van der Waals surface area contributed by atoms with Crippen LogP contribution in [-0.2, 0) is 19.1 Å². The molecule has 0 N–H and O–H groups in total. The molecule has 120 valence electrons. The van der Waals surface area contributed by atoms with Crippen LogP contribution in [0.25, 0.3) is 11.0 Å². The standard InChI is InChI=1S/C16H15ClN2O4/c1-22-13(20)15-7-16(8-15,14(21)23-2)12(15)19-6-5-9-3-4-10(17)18-11(9)19/h3-6,12H,7-8H2,1-2H3. The third-order valence-electron chi connectivity index (χ3n) is 5.30. The monoisotopic (exact) mass is 334 g/mol. The quantitative estimate of drug-likeness (QED) is 0.636. The highest BCUT2D eigenvalue weighted by atomic mass is 35.5. The maximum Gasteiger partial charge on any atom is 0.314 e. The van der Waals surface area contributed by atoms with Crippen molar-refractivity contribution in [3.8, 4) is 0 Å². The van der Waals surface area contributed by atoms with E-state index in [4.69, 9.17) is 21.1 Å². The van der Waals surface area contributed by atoms with Gasteiger partial charge in [0, 0.05) is 11.6 Å². The molecule has 0 unspecified atom stereocenters. The van der Waals surface area contributed by atoms with Crippen LogP contribution < -0.4 is 0 Å². The zero-order chi connectivity index (χ0) is 16.4. The highest BCUT2D eigenvalue weighted by Crippen LogP contribution is 2.80. The van der Waals surface area contributed by atoms with Crippen LogP contribution in [0.3, 0.4) is 0 Å². The Bertz CT molecular complexity index is 810. The molecular weight excluding hydrogens is 320 g/mol. The van der Waals surface area contributed by atoms with E-state index in [-0.39, 0.29) is 18.0 Å². The Morgan fingerprint density at radius 3 is 2.35 bits per heavy atom. The van der Waals surface area contributed by atoms with E-state index in [1.807, 2.05) is 22.9 Å². The van der Waals surface area contributed by atoms with Gasteiger partial charge < -0.3 is 14.0 Å². The summed E-state index contributed by atoms with van der Waals surface area (Å²) >= 11 is 6.00. The summed E-state index contributed by atoms with van der Waals surface area (Å²) in [4.78, 5) is 28.9. The second-order valence-corrected chi connectivity index (χ2v) is 6.71. The minimum absolute atomic E-state index is 0.294. The van der Waals surface area contributed by atoms with Gasteiger partial charge in [0.15, 0.2) is 0 Å². The van der Waals surface area contributed by atoms with Crippen LogP contribution in [0.1, 0.15) is 18.9 Å². The summed E-state index contributed by atoms with van der Waals surface area (Å²) in [5.74, 6) is -0.589. The van der Waals surface area contributed by atoms with Crippen molar-refractivity contribution in [2.24, 2.45) is 10.8 Å². The minimum Gasteiger partial charge on any atom is -0.469 e. The van der Waals surface area contributed by atoms with Gasteiger partial charge in [-0.2, -0.15) is 0 Å². The summed E-state index contributed by atoms with van der Waals surface area (Å²) < 4.78 is 11.8. The fraction of sp³-hybridized carbons (Fsp3) is 0.438. The van der Waals surface area contributed by atoms with E-state index < -0.39 is 10.8 Å². The van der Waals surface area contributed by atoms with Crippen LogP contribution in [-0.4, -0.2) is 35.7 Å². The molecule has 0 spiro atoms. The Labute approximate surface area is 137 Å². The molecule has 3 saturated carbocycles. The lowest BCUT2D eigenvalue weighted by Gasteiger charge is -2.71. The molecule has 3 aliphatic rings. The number of ether oxygens (including phenoxy) is 2. The van der Waals surface area contributed by atoms with Gasteiger partial charge in [-0.15, -0.1) is 0 Å². The molecule has 3 fully saturated rings. The molecule has 5 rings (SSSR count). The van der Waals surface area contributed by atoms with Crippen molar-refractivity contribution in [2.75, 3.05) is 14.2 Å². The van der Waals surface area contributed by atoms with Gasteiger partial charge in [-0.1, -0.05) is 11.6 Å². The molecule has 6 nitrogen and oxygen atoms in total. The van der Waals surface area contributed by atoms with Gasteiger partial charge in [0.2, 0.25) is 0 Å². The van der Waals surface area contributed by atoms with E-state index in [1.54, 1.807) is 6.07 Å². The molecule has 0 saturated heterocycles.